The van der Waals surface area contributed by atoms with Crippen molar-refractivity contribution >= 4 is 24.0 Å². The van der Waals surface area contributed by atoms with Gasteiger partial charge >= 0.3 is 17.9 Å². The Morgan fingerprint density at radius 3 is 2.00 bits per heavy atom. The average Bonchev–Trinajstić information content (AvgIpc) is 2.89. The van der Waals surface area contributed by atoms with Crippen LogP contribution in [0.1, 0.15) is 25.0 Å². The molecule has 0 heterocycles. The molecule has 0 unspecified atom stereocenters. The number of rotatable bonds is 10. The highest BCUT2D eigenvalue weighted by Crippen LogP contribution is 2.25. The maximum Gasteiger partial charge on any atom is 0.338 e. The Kier molecular flexibility index (Phi) is 9.48. The standard InChI is InChI=1S/C31H27FO6/c1-20(2)30(34)36-18-17-22-5-9-24(10-6-22)27-15-7-23(19-28(27)32)8-16-29(33)37-25-11-13-26(14-12-25)38-31(35)21(3)4/h5-16,19H,1,3,17-18H2,2,4H3/b16-8+. The van der Waals surface area contributed by atoms with E-state index in [-0.39, 0.29) is 17.9 Å². The molecule has 0 saturated carbocycles. The summed E-state index contributed by atoms with van der Waals surface area (Å²) in [5.41, 5.74) is 3.16. The van der Waals surface area contributed by atoms with Crippen molar-refractivity contribution in [2.45, 2.75) is 20.3 Å². The Morgan fingerprint density at radius 2 is 1.42 bits per heavy atom. The molecule has 0 saturated heterocycles. The van der Waals surface area contributed by atoms with Gasteiger partial charge in [0.25, 0.3) is 0 Å². The molecule has 0 bridgehead atoms. The van der Waals surface area contributed by atoms with Crippen LogP contribution in [-0.2, 0) is 25.5 Å². The summed E-state index contributed by atoms with van der Waals surface area (Å²) in [6.07, 6.45) is 3.18. The second-order valence-electron chi connectivity index (χ2n) is 8.50. The molecule has 0 aliphatic heterocycles. The molecule has 3 aromatic rings. The van der Waals surface area contributed by atoms with Crippen molar-refractivity contribution in [2.24, 2.45) is 0 Å². The number of esters is 3. The molecule has 6 nitrogen and oxygen atoms in total. The van der Waals surface area contributed by atoms with Crippen molar-refractivity contribution in [2.75, 3.05) is 6.61 Å². The Bertz CT molecular complexity index is 1380. The van der Waals surface area contributed by atoms with E-state index in [2.05, 4.69) is 13.2 Å². The summed E-state index contributed by atoms with van der Waals surface area (Å²) in [5.74, 6) is -1.51. The molecule has 0 fully saturated rings. The zero-order valence-electron chi connectivity index (χ0n) is 21.2. The van der Waals surface area contributed by atoms with Crippen LogP contribution in [0.5, 0.6) is 11.5 Å². The van der Waals surface area contributed by atoms with Gasteiger partial charge in [-0.3, -0.25) is 0 Å². The van der Waals surface area contributed by atoms with E-state index in [0.717, 1.165) is 5.56 Å². The first kappa shape index (κ1) is 27.8. The Hall–Kier alpha value is -4.78. The summed E-state index contributed by atoms with van der Waals surface area (Å²) in [7, 11) is 0. The van der Waals surface area contributed by atoms with Crippen molar-refractivity contribution in [3.05, 3.63) is 114 Å². The van der Waals surface area contributed by atoms with Crippen molar-refractivity contribution in [1.82, 2.24) is 0 Å². The van der Waals surface area contributed by atoms with Crippen LogP contribution in [0.2, 0.25) is 0 Å². The third-order valence-corrected chi connectivity index (χ3v) is 5.24. The van der Waals surface area contributed by atoms with E-state index in [4.69, 9.17) is 14.2 Å². The van der Waals surface area contributed by atoms with Gasteiger partial charge in [-0.1, -0.05) is 49.6 Å². The summed E-state index contributed by atoms with van der Waals surface area (Å²) in [4.78, 5) is 35.2. The van der Waals surface area contributed by atoms with Crippen molar-refractivity contribution < 1.29 is 33.0 Å². The fraction of sp³-hybridized carbons (Fsp3) is 0.129. The second-order valence-corrected chi connectivity index (χ2v) is 8.50. The lowest BCUT2D eigenvalue weighted by Crippen LogP contribution is -2.08. The van der Waals surface area contributed by atoms with Crippen molar-refractivity contribution in [1.29, 1.82) is 0 Å². The molecule has 38 heavy (non-hydrogen) atoms. The molecule has 0 radical (unpaired) electrons. The minimum Gasteiger partial charge on any atom is -0.462 e. The minimum atomic E-state index is -0.648. The van der Waals surface area contributed by atoms with E-state index < -0.39 is 23.7 Å². The molecule has 194 valence electrons. The van der Waals surface area contributed by atoms with Gasteiger partial charge in [-0.15, -0.1) is 0 Å². The zero-order valence-corrected chi connectivity index (χ0v) is 21.2. The Morgan fingerprint density at radius 1 is 0.816 bits per heavy atom. The smallest absolute Gasteiger partial charge is 0.338 e. The van der Waals surface area contributed by atoms with Gasteiger partial charge in [-0.2, -0.15) is 0 Å². The fourth-order valence-corrected chi connectivity index (χ4v) is 3.19. The molecule has 0 N–H and O–H groups in total. The van der Waals surface area contributed by atoms with Gasteiger partial charge in [-0.05, 0) is 66.9 Å². The summed E-state index contributed by atoms with van der Waals surface area (Å²) >= 11 is 0. The molecular formula is C31H27FO6. The normalized spacial score (nSPS) is 10.6. The van der Waals surface area contributed by atoms with Crippen LogP contribution >= 0.6 is 0 Å². The monoisotopic (exact) mass is 514 g/mol. The van der Waals surface area contributed by atoms with Gasteiger partial charge in [0.15, 0.2) is 0 Å². The summed E-state index contributed by atoms with van der Waals surface area (Å²) in [5, 5.41) is 0. The first-order valence-corrected chi connectivity index (χ1v) is 11.7. The van der Waals surface area contributed by atoms with Gasteiger partial charge in [0.2, 0.25) is 0 Å². The zero-order chi connectivity index (χ0) is 27.7. The number of hydrogen-bond donors (Lipinski definition) is 0. The van der Waals surface area contributed by atoms with Crippen LogP contribution in [0, 0.1) is 5.82 Å². The molecule has 0 amide bonds. The Labute approximate surface area is 220 Å². The minimum absolute atomic E-state index is 0.235. The van der Waals surface area contributed by atoms with Crippen LogP contribution in [0.15, 0.2) is 97.1 Å². The van der Waals surface area contributed by atoms with Crippen LogP contribution in [0.3, 0.4) is 0 Å². The van der Waals surface area contributed by atoms with E-state index in [1.807, 2.05) is 12.1 Å². The van der Waals surface area contributed by atoms with Crippen LogP contribution in [0.25, 0.3) is 17.2 Å². The van der Waals surface area contributed by atoms with Gasteiger partial charge in [0.1, 0.15) is 17.3 Å². The maximum absolute atomic E-state index is 14.8. The summed E-state index contributed by atoms with van der Waals surface area (Å²) < 4.78 is 30.2. The van der Waals surface area contributed by atoms with Gasteiger partial charge in [-0.25, -0.2) is 18.8 Å². The lowest BCUT2D eigenvalue weighted by atomic mass is 10.0. The van der Waals surface area contributed by atoms with E-state index >= 15 is 0 Å². The maximum atomic E-state index is 14.8. The van der Waals surface area contributed by atoms with E-state index in [0.29, 0.717) is 34.4 Å². The molecular weight excluding hydrogens is 487 g/mol. The molecule has 3 aromatic carbocycles. The predicted molar refractivity (Wildman–Crippen MR) is 143 cm³/mol. The third-order valence-electron chi connectivity index (χ3n) is 5.24. The highest BCUT2D eigenvalue weighted by molar-refractivity contribution is 5.89. The lowest BCUT2D eigenvalue weighted by molar-refractivity contribution is -0.138. The SMILES string of the molecule is C=C(C)C(=O)OCCc1ccc(-c2ccc(/C=C/C(=O)Oc3ccc(OC(=O)C(=C)C)cc3)cc2F)cc1. The van der Waals surface area contributed by atoms with Gasteiger partial charge in [0, 0.05) is 29.2 Å². The topological polar surface area (TPSA) is 78.9 Å². The van der Waals surface area contributed by atoms with Crippen LogP contribution < -0.4 is 9.47 Å². The highest BCUT2D eigenvalue weighted by Gasteiger charge is 2.09. The fourth-order valence-electron chi connectivity index (χ4n) is 3.19. The lowest BCUT2D eigenvalue weighted by Gasteiger charge is -2.08. The first-order chi connectivity index (χ1) is 18.1. The van der Waals surface area contributed by atoms with E-state index in [1.54, 1.807) is 31.2 Å². The highest BCUT2D eigenvalue weighted by atomic mass is 19.1. The number of carbonyl (C=O) groups is 3. The van der Waals surface area contributed by atoms with Crippen LogP contribution in [-0.4, -0.2) is 24.5 Å². The van der Waals surface area contributed by atoms with Crippen molar-refractivity contribution in [3.8, 4) is 22.6 Å². The molecule has 0 atom stereocenters. The quantitative estimate of drug-likeness (QED) is 0.181. The van der Waals surface area contributed by atoms with E-state index in [1.165, 1.54) is 49.4 Å². The molecule has 0 aliphatic rings. The molecule has 0 aliphatic carbocycles. The number of ether oxygens (including phenoxy) is 3. The first-order valence-electron chi connectivity index (χ1n) is 11.7. The summed E-state index contributed by atoms with van der Waals surface area (Å²) in [6, 6.07) is 17.9. The van der Waals surface area contributed by atoms with Gasteiger partial charge in [0.05, 0.1) is 6.61 Å². The molecule has 0 spiro atoms. The average molecular weight is 515 g/mol. The largest absolute Gasteiger partial charge is 0.462 e. The predicted octanol–water partition coefficient (Wildman–Crippen LogP) is 6.25. The van der Waals surface area contributed by atoms with Crippen molar-refractivity contribution in [3.63, 3.8) is 0 Å². The number of halogens is 1. The summed E-state index contributed by atoms with van der Waals surface area (Å²) in [6.45, 7) is 10.4. The molecule has 7 heteroatoms. The Balaban J connectivity index is 1.56. The van der Waals surface area contributed by atoms with Gasteiger partial charge < -0.3 is 14.2 Å². The number of hydrogen-bond acceptors (Lipinski definition) is 6. The number of carbonyl (C=O) groups excluding carboxylic acids is 3. The molecule has 3 rings (SSSR count). The van der Waals surface area contributed by atoms with E-state index in [9.17, 15) is 18.8 Å². The van der Waals surface area contributed by atoms with Crippen LogP contribution in [0.4, 0.5) is 4.39 Å². The third kappa shape index (κ3) is 8.13. The number of benzene rings is 3. The molecule has 0 aromatic heterocycles. The second kappa shape index (κ2) is 13.0.